The van der Waals surface area contributed by atoms with Crippen LogP contribution in [0.2, 0.25) is 0 Å². The number of rotatable bonds is 2. The number of alkyl halides is 2. The van der Waals surface area contributed by atoms with Gasteiger partial charge in [-0.25, -0.2) is 8.78 Å². The highest BCUT2D eigenvalue weighted by Crippen LogP contribution is 2.17. The molecule has 1 saturated heterocycles. The second kappa shape index (κ2) is 5.18. The molecule has 4 nitrogen and oxygen atoms in total. The van der Waals surface area contributed by atoms with Crippen LogP contribution in [0.4, 0.5) is 8.78 Å². The Labute approximate surface area is 97.2 Å². The number of carbonyl (C=O) groups excluding carboxylic acids is 1. The maximum atomic E-state index is 12.4. The molecule has 1 aliphatic rings. The summed E-state index contributed by atoms with van der Waals surface area (Å²) in [7, 11) is 0. The Morgan fingerprint density at radius 2 is 2.12 bits per heavy atom. The number of halogens is 2. The maximum Gasteiger partial charge on any atom is 0.280 e. The van der Waals surface area contributed by atoms with E-state index < -0.39 is 6.43 Å². The molecule has 0 unspecified atom stereocenters. The first-order valence-corrected chi connectivity index (χ1v) is 5.29. The van der Waals surface area contributed by atoms with Gasteiger partial charge >= 0.3 is 0 Å². The molecule has 0 bridgehead atoms. The highest BCUT2D eigenvalue weighted by molar-refractivity contribution is 5.94. The van der Waals surface area contributed by atoms with Crippen LogP contribution in [-0.4, -0.2) is 42.1 Å². The van der Waals surface area contributed by atoms with Gasteiger partial charge in [-0.1, -0.05) is 0 Å². The first-order chi connectivity index (χ1) is 8.18. The highest BCUT2D eigenvalue weighted by atomic mass is 19.3. The molecule has 1 amide bonds. The number of pyridine rings is 1. The summed E-state index contributed by atoms with van der Waals surface area (Å²) in [6, 6.07) is 2.59. The summed E-state index contributed by atoms with van der Waals surface area (Å²) in [5.41, 5.74) is -0.124. The Bertz CT molecular complexity index is 406. The fourth-order valence-corrected chi connectivity index (χ4v) is 1.65. The summed E-state index contributed by atoms with van der Waals surface area (Å²) in [5.74, 6) is -0.252. The van der Waals surface area contributed by atoms with Crippen molar-refractivity contribution in [1.82, 2.24) is 9.88 Å². The topological polar surface area (TPSA) is 42.4 Å². The lowest BCUT2D eigenvalue weighted by Gasteiger charge is -2.26. The van der Waals surface area contributed by atoms with Crippen LogP contribution in [0.5, 0.6) is 0 Å². The van der Waals surface area contributed by atoms with Crippen molar-refractivity contribution in [2.24, 2.45) is 0 Å². The lowest BCUT2D eigenvalue weighted by atomic mass is 10.2. The first-order valence-electron chi connectivity index (χ1n) is 5.29. The molecule has 2 heterocycles. The molecule has 1 aromatic rings. The number of morpholine rings is 1. The fourth-order valence-electron chi connectivity index (χ4n) is 1.65. The fraction of sp³-hybridized carbons (Fsp3) is 0.455. The molecule has 0 aliphatic carbocycles. The molecule has 0 saturated carbocycles. The number of amides is 1. The van der Waals surface area contributed by atoms with Crippen LogP contribution in [0.15, 0.2) is 18.3 Å². The van der Waals surface area contributed by atoms with Gasteiger partial charge in [0, 0.05) is 24.8 Å². The van der Waals surface area contributed by atoms with E-state index in [1.165, 1.54) is 12.3 Å². The van der Waals surface area contributed by atoms with Crippen LogP contribution in [0, 0.1) is 0 Å². The van der Waals surface area contributed by atoms with Gasteiger partial charge in [0.05, 0.1) is 13.2 Å². The molecule has 2 rings (SSSR count). The highest BCUT2D eigenvalue weighted by Gasteiger charge is 2.20. The zero-order chi connectivity index (χ0) is 12.3. The molecule has 0 aromatic carbocycles. The third kappa shape index (κ3) is 2.76. The minimum atomic E-state index is -2.66. The van der Waals surface area contributed by atoms with Gasteiger partial charge in [-0.15, -0.1) is 0 Å². The monoisotopic (exact) mass is 242 g/mol. The van der Waals surface area contributed by atoms with Crippen molar-refractivity contribution in [3.63, 3.8) is 0 Å². The maximum absolute atomic E-state index is 12.4. The van der Waals surface area contributed by atoms with Crippen molar-refractivity contribution in [2.45, 2.75) is 6.43 Å². The minimum absolute atomic E-state index is 0.247. The van der Waals surface area contributed by atoms with Gasteiger partial charge in [-0.3, -0.25) is 9.78 Å². The van der Waals surface area contributed by atoms with Gasteiger partial charge in [0.2, 0.25) is 0 Å². The number of ether oxygens (including phenoxy) is 1. The Morgan fingerprint density at radius 1 is 1.41 bits per heavy atom. The first kappa shape index (κ1) is 11.9. The predicted octanol–water partition coefficient (Wildman–Crippen LogP) is 1.49. The molecule has 17 heavy (non-hydrogen) atoms. The van der Waals surface area contributed by atoms with Crippen molar-refractivity contribution in [3.8, 4) is 0 Å². The average Bonchev–Trinajstić information content (AvgIpc) is 2.39. The molecule has 0 N–H and O–H groups in total. The van der Waals surface area contributed by atoms with Crippen LogP contribution < -0.4 is 0 Å². The smallest absolute Gasteiger partial charge is 0.280 e. The molecule has 1 aromatic heterocycles. The van der Waals surface area contributed by atoms with Gasteiger partial charge in [0.15, 0.2) is 0 Å². The predicted molar refractivity (Wildman–Crippen MR) is 55.9 cm³/mol. The molecule has 1 aliphatic heterocycles. The summed E-state index contributed by atoms with van der Waals surface area (Å²) in [6.45, 7) is 1.95. The van der Waals surface area contributed by atoms with E-state index >= 15 is 0 Å². The zero-order valence-electron chi connectivity index (χ0n) is 9.10. The zero-order valence-corrected chi connectivity index (χ0v) is 9.10. The van der Waals surface area contributed by atoms with Crippen molar-refractivity contribution >= 4 is 5.91 Å². The number of carbonyl (C=O) groups is 1. The standard InChI is InChI=1S/C11H12F2N2O2/c12-10(13)9-7-8(1-2-14-9)11(16)15-3-5-17-6-4-15/h1-2,7,10H,3-6H2. The van der Waals surface area contributed by atoms with Gasteiger partial charge in [0.1, 0.15) is 5.69 Å². The van der Waals surface area contributed by atoms with E-state index in [1.807, 2.05) is 0 Å². The number of aromatic nitrogens is 1. The average molecular weight is 242 g/mol. The van der Waals surface area contributed by atoms with Crippen molar-refractivity contribution in [1.29, 1.82) is 0 Å². The molecule has 0 radical (unpaired) electrons. The quantitative estimate of drug-likeness (QED) is 0.789. The Kier molecular flexibility index (Phi) is 3.63. The summed E-state index contributed by atoms with van der Waals surface area (Å²) in [6.07, 6.45) is -1.43. The molecule has 92 valence electrons. The van der Waals surface area contributed by atoms with Crippen molar-refractivity contribution < 1.29 is 18.3 Å². The van der Waals surface area contributed by atoms with Crippen LogP contribution in [0.3, 0.4) is 0 Å². The summed E-state index contributed by atoms with van der Waals surface area (Å²) < 4.78 is 30.0. The van der Waals surface area contributed by atoms with Crippen LogP contribution in [0.25, 0.3) is 0 Å². The van der Waals surface area contributed by atoms with E-state index in [0.717, 1.165) is 6.07 Å². The van der Waals surface area contributed by atoms with E-state index in [9.17, 15) is 13.6 Å². The largest absolute Gasteiger partial charge is 0.378 e. The van der Waals surface area contributed by atoms with E-state index in [-0.39, 0.29) is 17.2 Å². The normalized spacial score (nSPS) is 16.3. The molecular weight excluding hydrogens is 230 g/mol. The van der Waals surface area contributed by atoms with Crippen molar-refractivity contribution in [3.05, 3.63) is 29.6 Å². The second-order valence-corrected chi connectivity index (χ2v) is 3.67. The Hall–Kier alpha value is -1.56. The lowest BCUT2D eigenvalue weighted by Crippen LogP contribution is -2.40. The number of nitrogens with zero attached hydrogens (tertiary/aromatic N) is 2. The van der Waals surface area contributed by atoms with Gasteiger partial charge in [0.25, 0.3) is 12.3 Å². The lowest BCUT2D eigenvalue weighted by molar-refractivity contribution is 0.0302. The van der Waals surface area contributed by atoms with E-state index in [4.69, 9.17) is 4.74 Å². The minimum Gasteiger partial charge on any atom is -0.378 e. The number of hydrogen-bond acceptors (Lipinski definition) is 3. The molecule has 0 spiro atoms. The Balaban J connectivity index is 2.15. The molecule has 0 atom stereocenters. The summed E-state index contributed by atoms with van der Waals surface area (Å²) >= 11 is 0. The SMILES string of the molecule is O=C(c1ccnc(C(F)F)c1)N1CCOCC1. The summed E-state index contributed by atoms with van der Waals surface area (Å²) in [4.78, 5) is 17.1. The Morgan fingerprint density at radius 3 is 2.76 bits per heavy atom. The van der Waals surface area contributed by atoms with E-state index in [0.29, 0.717) is 26.3 Å². The van der Waals surface area contributed by atoms with Gasteiger partial charge in [-0.05, 0) is 12.1 Å². The van der Waals surface area contributed by atoms with E-state index in [2.05, 4.69) is 4.98 Å². The van der Waals surface area contributed by atoms with Gasteiger partial charge < -0.3 is 9.64 Å². The second-order valence-electron chi connectivity index (χ2n) is 3.67. The summed E-state index contributed by atoms with van der Waals surface area (Å²) in [5, 5.41) is 0. The van der Waals surface area contributed by atoms with Gasteiger partial charge in [-0.2, -0.15) is 0 Å². The van der Waals surface area contributed by atoms with Crippen LogP contribution in [-0.2, 0) is 4.74 Å². The van der Waals surface area contributed by atoms with Crippen LogP contribution in [0.1, 0.15) is 22.5 Å². The molecular formula is C11H12F2N2O2. The molecule has 6 heteroatoms. The number of hydrogen-bond donors (Lipinski definition) is 0. The third-order valence-corrected chi connectivity index (χ3v) is 2.55. The molecule has 1 fully saturated rings. The van der Waals surface area contributed by atoms with Crippen molar-refractivity contribution in [2.75, 3.05) is 26.3 Å². The third-order valence-electron chi connectivity index (χ3n) is 2.55. The van der Waals surface area contributed by atoms with Crippen LogP contribution >= 0.6 is 0 Å². The van der Waals surface area contributed by atoms with E-state index in [1.54, 1.807) is 4.90 Å².